The molecule has 0 saturated carbocycles. The molecule has 0 fully saturated rings. The van der Waals surface area contributed by atoms with Crippen LogP contribution in [-0.2, 0) is 16.1 Å². The number of aromatic nitrogens is 1. The van der Waals surface area contributed by atoms with E-state index in [9.17, 15) is 9.59 Å². The van der Waals surface area contributed by atoms with Crippen LogP contribution in [0, 0.1) is 18.3 Å². The van der Waals surface area contributed by atoms with Gasteiger partial charge in [-0.2, -0.15) is 5.26 Å². The van der Waals surface area contributed by atoms with Gasteiger partial charge in [-0.15, -0.1) is 0 Å². The van der Waals surface area contributed by atoms with Gasteiger partial charge in [-0.1, -0.05) is 53.3 Å². The van der Waals surface area contributed by atoms with Gasteiger partial charge in [-0.3, -0.25) is 9.36 Å². The number of carbonyl (C=O) groups is 1. The Morgan fingerprint density at radius 3 is 2.51 bits per heavy atom. The average Bonchev–Trinajstić information content (AvgIpc) is 3.30. The summed E-state index contributed by atoms with van der Waals surface area (Å²) in [5.41, 5.74) is 4.66. The van der Waals surface area contributed by atoms with Crippen molar-refractivity contribution in [1.82, 2.24) is 4.57 Å². The first-order valence-electron chi connectivity index (χ1n) is 13.5. The fraction of sp³-hybridized carbons (Fsp3) is 0.212. The second-order valence-corrected chi connectivity index (χ2v) is 11.7. The molecule has 0 saturated heterocycles. The van der Waals surface area contributed by atoms with E-state index in [4.69, 9.17) is 19.5 Å². The number of fused-ring (bicyclic) bond motifs is 1. The minimum Gasteiger partial charge on any atom is -0.493 e. The maximum Gasteiger partial charge on any atom is 0.338 e. The van der Waals surface area contributed by atoms with Crippen molar-refractivity contribution in [1.29, 1.82) is 5.26 Å². The lowest BCUT2D eigenvalue weighted by molar-refractivity contribution is -0.139. The molecule has 2 heterocycles. The highest BCUT2D eigenvalue weighted by Crippen LogP contribution is 2.37. The number of halogens is 1. The smallest absolute Gasteiger partial charge is 0.338 e. The van der Waals surface area contributed by atoms with Crippen molar-refractivity contribution < 1.29 is 19.0 Å². The maximum absolute atomic E-state index is 13.9. The number of hydrogen-bond donors (Lipinski definition) is 0. The first kappa shape index (κ1) is 30.0. The summed E-state index contributed by atoms with van der Waals surface area (Å²) in [5.74, 6) is 0.508. The Bertz CT molecular complexity index is 1950. The molecule has 0 bridgehead atoms. The molecule has 5 rings (SSSR count). The van der Waals surface area contributed by atoms with Crippen molar-refractivity contribution in [2.45, 2.75) is 33.4 Å². The third-order valence-corrected chi connectivity index (χ3v) is 8.50. The molecule has 0 radical (unpaired) electrons. The van der Waals surface area contributed by atoms with Crippen molar-refractivity contribution >= 4 is 39.3 Å². The number of allylic oxidation sites excluding steroid dienone is 1. The number of methoxy groups -OCH3 is 1. The lowest BCUT2D eigenvalue weighted by atomic mass is 9.95. The molecule has 1 aromatic heterocycles. The van der Waals surface area contributed by atoms with Gasteiger partial charge >= 0.3 is 5.97 Å². The fourth-order valence-electron chi connectivity index (χ4n) is 4.80. The van der Waals surface area contributed by atoms with Gasteiger partial charge in [0.15, 0.2) is 16.3 Å². The van der Waals surface area contributed by atoms with Gasteiger partial charge in [0.05, 0.1) is 51.7 Å². The highest BCUT2D eigenvalue weighted by Gasteiger charge is 2.33. The summed E-state index contributed by atoms with van der Waals surface area (Å²) in [6.45, 7) is 5.99. The van der Waals surface area contributed by atoms with Crippen LogP contribution in [-0.4, -0.2) is 24.3 Å². The third-order valence-electron chi connectivity index (χ3n) is 6.93. The summed E-state index contributed by atoms with van der Waals surface area (Å²) in [5, 5.41) is 9.02. The summed E-state index contributed by atoms with van der Waals surface area (Å²) >= 11 is 4.85. The van der Waals surface area contributed by atoms with Crippen LogP contribution in [0.4, 0.5) is 0 Å². The van der Waals surface area contributed by atoms with Crippen LogP contribution in [0.25, 0.3) is 6.08 Å². The van der Waals surface area contributed by atoms with Gasteiger partial charge in [-0.25, -0.2) is 9.79 Å². The van der Waals surface area contributed by atoms with Gasteiger partial charge in [0.25, 0.3) is 5.56 Å². The van der Waals surface area contributed by atoms with E-state index >= 15 is 0 Å². The predicted molar refractivity (Wildman–Crippen MR) is 168 cm³/mol. The zero-order valence-electron chi connectivity index (χ0n) is 24.0. The summed E-state index contributed by atoms with van der Waals surface area (Å²) in [7, 11) is 1.55. The van der Waals surface area contributed by atoms with Crippen LogP contribution in [0.1, 0.15) is 47.7 Å². The van der Waals surface area contributed by atoms with Crippen LogP contribution >= 0.6 is 27.3 Å². The molecule has 0 unspecified atom stereocenters. The molecular formula is C33H28BrN3O5S. The Morgan fingerprint density at radius 1 is 1.14 bits per heavy atom. The number of nitrogens with zero attached hydrogens (tertiary/aromatic N) is 3. The Balaban J connectivity index is 1.55. The molecule has 218 valence electrons. The van der Waals surface area contributed by atoms with Crippen LogP contribution in [0.3, 0.4) is 0 Å². The second kappa shape index (κ2) is 12.8. The first-order chi connectivity index (χ1) is 20.7. The molecule has 4 aromatic rings. The highest BCUT2D eigenvalue weighted by atomic mass is 79.9. The quantitative estimate of drug-likeness (QED) is 0.237. The Hall–Kier alpha value is -4.46. The molecule has 1 atom stereocenters. The Morgan fingerprint density at radius 2 is 1.86 bits per heavy atom. The number of aryl methyl sites for hydroxylation is 1. The van der Waals surface area contributed by atoms with E-state index in [2.05, 4.69) is 27.0 Å². The largest absolute Gasteiger partial charge is 0.493 e. The molecule has 43 heavy (non-hydrogen) atoms. The molecule has 0 aliphatic carbocycles. The number of carbonyl (C=O) groups excluding carboxylic acids is 1. The number of nitriles is 1. The van der Waals surface area contributed by atoms with Crippen molar-refractivity contribution in [3.05, 3.63) is 124 Å². The van der Waals surface area contributed by atoms with E-state index in [1.165, 1.54) is 11.3 Å². The summed E-state index contributed by atoms with van der Waals surface area (Å²) < 4.78 is 19.7. The second-order valence-electron chi connectivity index (χ2n) is 9.84. The van der Waals surface area contributed by atoms with Gasteiger partial charge in [-0.05, 0) is 83.7 Å². The normalized spacial score (nSPS) is 14.5. The van der Waals surface area contributed by atoms with E-state index in [-0.39, 0.29) is 18.8 Å². The van der Waals surface area contributed by atoms with Gasteiger partial charge < -0.3 is 14.2 Å². The highest BCUT2D eigenvalue weighted by molar-refractivity contribution is 9.10. The van der Waals surface area contributed by atoms with Crippen LogP contribution in [0.2, 0.25) is 0 Å². The Labute approximate surface area is 260 Å². The van der Waals surface area contributed by atoms with E-state index < -0.39 is 12.0 Å². The number of rotatable bonds is 8. The molecular weight excluding hydrogens is 630 g/mol. The SMILES string of the molecule is CCOC(=O)C1=C(C)N=c2s/c(=C\c3cc(Br)c(OCc4ccc(C#N)cc4)c(OC)c3)c(=O)n2[C@H]1c1ccc(C)cc1. The van der Waals surface area contributed by atoms with E-state index in [0.29, 0.717) is 47.7 Å². The number of benzene rings is 3. The fourth-order valence-corrected chi connectivity index (χ4v) is 6.42. The molecule has 1 aliphatic rings. The summed E-state index contributed by atoms with van der Waals surface area (Å²) in [4.78, 5) is 32.2. The number of hydrogen-bond acceptors (Lipinski definition) is 8. The van der Waals surface area contributed by atoms with Crippen LogP contribution < -0.4 is 24.4 Å². The molecule has 0 N–H and O–H groups in total. The molecule has 3 aromatic carbocycles. The maximum atomic E-state index is 13.9. The van der Waals surface area contributed by atoms with Crippen molar-refractivity contribution in [3.63, 3.8) is 0 Å². The average molecular weight is 659 g/mol. The molecule has 1 aliphatic heterocycles. The minimum atomic E-state index is -0.669. The third kappa shape index (κ3) is 6.19. The van der Waals surface area contributed by atoms with Crippen molar-refractivity contribution in [2.24, 2.45) is 4.99 Å². The minimum absolute atomic E-state index is 0.213. The van der Waals surface area contributed by atoms with Crippen molar-refractivity contribution in [2.75, 3.05) is 13.7 Å². The van der Waals surface area contributed by atoms with Crippen molar-refractivity contribution in [3.8, 4) is 17.6 Å². The number of esters is 1. The van der Waals surface area contributed by atoms with E-state index in [1.807, 2.05) is 49.4 Å². The summed E-state index contributed by atoms with van der Waals surface area (Å²) in [6.07, 6.45) is 1.77. The van der Waals surface area contributed by atoms with Crippen LogP contribution in [0.5, 0.6) is 11.5 Å². The van der Waals surface area contributed by atoms with Gasteiger partial charge in [0.1, 0.15) is 6.61 Å². The van der Waals surface area contributed by atoms with E-state index in [0.717, 1.165) is 16.7 Å². The molecule has 0 spiro atoms. The zero-order valence-corrected chi connectivity index (χ0v) is 26.4. The first-order valence-corrected chi connectivity index (χ1v) is 15.1. The molecule has 0 amide bonds. The Kier molecular flexibility index (Phi) is 8.94. The van der Waals surface area contributed by atoms with Gasteiger partial charge in [0, 0.05) is 0 Å². The summed E-state index contributed by atoms with van der Waals surface area (Å²) in [6, 6.07) is 20.0. The number of thiazole rings is 1. The zero-order chi connectivity index (χ0) is 30.7. The molecule has 10 heteroatoms. The lowest BCUT2D eigenvalue weighted by Crippen LogP contribution is -2.39. The van der Waals surface area contributed by atoms with Gasteiger partial charge in [0.2, 0.25) is 0 Å². The topological polar surface area (TPSA) is 103 Å². The monoisotopic (exact) mass is 657 g/mol. The van der Waals surface area contributed by atoms with Crippen LogP contribution in [0.15, 0.2) is 86.2 Å². The van der Waals surface area contributed by atoms with E-state index in [1.54, 1.807) is 49.8 Å². The number of ether oxygens (including phenoxy) is 3. The lowest BCUT2D eigenvalue weighted by Gasteiger charge is -2.24. The predicted octanol–water partition coefficient (Wildman–Crippen LogP) is 5.33. The standard InChI is InChI=1S/C33H28BrN3O5S/c1-5-41-32(39)28-20(3)36-33-37(29(28)24-12-6-19(2)7-13-24)31(38)27(43-33)16-23-14-25(34)30(26(15-23)40-4)42-18-22-10-8-21(17-35)9-11-22/h6-16,29H,5,18H2,1-4H3/b27-16-/t29-/m0/s1. The molecule has 8 nitrogen and oxygen atoms in total.